The maximum Gasteiger partial charge on any atom is 0.416 e. The number of hydrogen-bond donors (Lipinski definition) is 1. The Kier molecular flexibility index (Phi) is 5.35. The second-order valence-corrected chi connectivity index (χ2v) is 6.32. The Morgan fingerprint density at radius 2 is 1.74 bits per heavy atom. The van der Waals surface area contributed by atoms with Gasteiger partial charge in [0.1, 0.15) is 12.1 Å². The van der Waals surface area contributed by atoms with Gasteiger partial charge >= 0.3 is 6.18 Å². The van der Waals surface area contributed by atoms with E-state index in [2.05, 4.69) is 20.4 Å². The van der Waals surface area contributed by atoms with Gasteiger partial charge in [-0.25, -0.2) is 14.6 Å². The topological polar surface area (TPSA) is 81.9 Å². The van der Waals surface area contributed by atoms with Crippen molar-refractivity contribution in [3.63, 3.8) is 0 Å². The monoisotopic (exact) mass is 425 g/mol. The maximum atomic E-state index is 12.6. The van der Waals surface area contributed by atoms with Crippen molar-refractivity contribution in [1.82, 2.24) is 19.7 Å². The molecule has 2 aromatic carbocycles. The first-order valence-corrected chi connectivity index (χ1v) is 8.97. The second kappa shape index (κ2) is 8.27. The zero-order valence-electron chi connectivity index (χ0n) is 15.7. The zero-order chi connectivity index (χ0) is 21.8. The van der Waals surface area contributed by atoms with Gasteiger partial charge in [-0.1, -0.05) is 0 Å². The molecule has 0 bridgehead atoms. The van der Waals surface area contributed by atoms with Crippen LogP contribution in [0.2, 0.25) is 0 Å². The average Bonchev–Trinajstić information content (AvgIpc) is 3.30. The highest BCUT2D eigenvalue weighted by molar-refractivity contribution is 6.04. The Hall–Kier alpha value is -4.21. The van der Waals surface area contributed by atoms with Crippen LogP contribution in [0.25, 0.3) is 5.82 Å². The standard InChI is InChI=1S/C21H14F3N5O2/c22-21(23,24)15-4-2-14(3-5-15)20(30)28-16-6-8-17(9-7-16)31-19-12-18(25-13-26-19)29-11-1-10-27-29/h1-13H,(H,28,30). The van der Waals surface area contributed by atoms with Crippen LogP contribution in [0.3, 0.4) is 0 Å². The number of amides is 1. The second-order valence-electron chi connectivity index (χ2n) is 6.32. The van der Waals surface area contributed by atoms with Crippen molar-refractivity contribution in [3.05, 3.63) is 90.5 Å². The third-order valence-electron chi connectivity index (χ3n) is 4.18. The fourth-order valence-electron chi connectivity index (χ4n) is 2.66. The lowest BCUT2D eigenvalue weighted by Crippen LogP contribution is -2.12. The number of carbonyl (C=O) groups is 1. The van der Waals surface area contributed by atoms with E-state index >= 15 is 0 Å². The highest BCUT2D eigenvalue weighted by Gasteiger charge is 2.30. The van der Waals surface area contributed by atoms with Crippen molar-refractivity contribution in [2.24, 2.45) is 0 Å². The molecule has 0 fully saturated rings. The van der Waals surface area contributed by atoms with Gasteiger partial charge in [0.2, 0.25) is 5.88 Å². The van der Waals surface area contributed by atoms with Crippen LogP contribution in [-0.2, 0) is 6.18 Å². The number of benzene rings is 2. The van der Waals surface area contributed by atoms with E-state index in [1.807, 2.05) is 0 Å². The summed E-state index contributed by atoms with van der Waals surface area (Å²) in [7, 11) is 0. The Labute approximate surface area is 174 Å². The van der Waals surface area contributed by atoms with Crippen LogP contribution >= 0.6 is 0 Å². The van der Waals surface area contributed by atoms with Crippen LogP contribution in [0, 0.1) is 0 Å². The summed E-state index contributed by atoms with van der Waals surface area (Å²) in [5.41, 5.74) is -0.247. The van der Waals surface area contributed by atoms with Gasteiger partial charge in [0.05, 0.1) is 5.56 Å². The van der Waals surface area contributed by atoms with Gasteiger partial charge in [-0.05, 0) is 54.6 Å². The molecule has 1 amide bonds. The fraction of sp³-hybridized carbons (Fsp3) is 0.0476. The van der Waals surface area contributed by atoms with Crippen LogP contribution in [0.5, 0.6) is 11.6 Å². The number of nitrogens with zero attached hydrogens (tertiary/aromatic N) is 4. The third-order valence-corrected chi connectivity index (χ3v) is 4.18. The number of nitrogens with one attached hydrogen (secondary N) is 1. The molecule has 2 aromatic heterocycles. The smallest absolute Gasteiger partial charge is 0.416 e. The van der Waals surface area contributed by atoms with Gasteiger partial charge in [0.25, 0.3) is 5.91 Å². The fourth-order valence-corrected chi connectivity index (χ4v) is 2.66. The number of carbonyl (C=O) groups excluding carboxylic acids is 1. The summed E-state index contributed by atoms with van der Waals surface area (Å²) in [4.78, 5) is 20.4. The van der Waals surface area contributed by atoms with Crippen LogP contribution in [0.1, 0.15) is 15.9 Å². The SMILES string of the molecule is O=C(Nc1ccc(Oc2cc(-n3cccn3)ncn2)cc1)c1ccc(C(F)(F)F)cc1. The molecule has 7 nitrogen and oxygen atoms in total. The van der Waals surface area contributed by atoms with Gasteiger partial charge in [-0.2, -0.15) is 18.3 Å². The number of hydrogen-bond acceptors (Lipinski definition) is 5. The highest BCUT2D eigenvalue weighted by atomic mass is 19.4. The quantitative estimate of drug-likeness (QED) is 0.500. The number of aromatic nitrogens is 4. The predicted octanol–water partition coefficient (Wildman–Crippen LogP) is 4.73. The molecule has 0 spiro atoms. The number of ether oxygens (including phenoxy) is 1. The summed E-state index contributed by atoms with van der Waals surface area (Å²) in [5, 5.41) is 6.71. The van der Waals surface area contributed by atoms with Crippen molar-refractivity contribution in [2.75, 3.05) is 5.32 Å². The summed E-state index contributed by atoms with van der Waals surface area (Å²) in [5.74, 6) is 0.789. The van der Waals surface area contributed by atoms with Crippen molar-refractivity contribution >= 4 is 11.6 Å². The molecule has 0 radical (unpaired) electrons. The van der Waals surface area contributed by atoms with Gasteiger partial charge in [0, 0.05) is 29.7 Å². The van der Waals surface area contributed by atoms with E-state index in [0.29, 0.717) is 23.1 Å². The van der Waals surface area contributed by atoms with Crippen LogP contribution < -0.4 is 10.1 Å². The highest BCUT2D eigenvalue weighted by Crippen LogP contribution is 2.29. The van der Waals surface area contributed by atoms with Gasteiger partial charge in [-0.15, -0.1) is 0 Å². The summed E-state index contributed by atoms with van der Waals surface area (Å²) < 4.78 is 45.2. The van der Waals surface area contributed by atoms with Crippen LogP contribution in [-0.4, -0.2) is 25.7 Å². The normalized spacial score (nSPS) is 11.2. The minimum absolute atomic E-state index is 0.112. The summed E-state index contributed by atoms with van der Waals surface area (Å²) >= 11 is 0. The lowest BCUT2D eigenvalue weighted by molar-refractivity contribution is -0.137. The van der Waals surface area contributed by atoms with E-state index in [1.165, 1.54) is 6.33 Å². The number of halogens is 3. The molecular formula is C21H14F3N5O2. The molecular weight excluding hydrogens is 411 g/mol. The Bertz CT molecular complexity index is 1180. The molecule has 0 unspecified atom stereocenters. The molecule has 0 aliphatic rings. The number of alkyl halides is 3. The largest absolute Gasteiger partial charge is 0.439 e. The predicted molar refractivity (Wildman–Crippen MR) is 105 cm³/mol. The molecule has 31 heavy (non-hydrogen) atoms. The van der Waals surface area contributed by atoms with Gasteiger partial charge in [0.15, 0.2) is 5.82 Å². The Balaban J connectivity index is 1.40. The molecule has 4 rings (SSSR count). The van der Waals surface area contributed by atoms with E-state index < -0.39 is 17.6 Å². The lowest BCUT2D eigenvalue weighted by Gasteiger charge is -2.09. The first-order valence-electron chi connectivity index (χ1n) is 8.97. The molecule has 156 valence electrons. The Morgan fingerprint density at radius 1 is 1.00 bits per heavy atom. The molecule has 1 N–H and O–H groups in total. The molecule has 4 aromatic rings. The summed E-state index contributed by atoms with van der Waals surface area (Å²) in [6, 6.07) is 13.8. The van der Waals surface area contributed by atoms with E-state index in [-0.39, 0.29) is 5.56 Å². The van der Waals surface area contributed by atoms with Crippen LogP contribution in [0.15, 0.2) is 79.4 Å². The summed E-state index contributed by atoms with van der Waals surface area (Å²) in [6.45, 7) is 0. The molecule has 10 heteroatoms. The average molecular weight is 425 g/mol. The molecule has 0 aliphatic carbocycles. The van der Waals surface area contributed by atoms with Gasteiger partial charge in [-0.3, -0.25) is 4.79 Å². The maximum absolute atomic E-state index is 12.6. The molecule has 2 heterocycles. The van der Waals surface area contributed by atoms with E-state index in [9.17, 15) is 18.0 Å². The van der Waals surface area contributed by atoms with E-state index in [4.69, 9.17) is 4.74 Å². The Morgan fingerprint density at radius 3 is 2.39 bits per heavy atom. The molecule has 0 saturated carbocycles. The van der Waals surface area contributed by atoms with Crippen molar-refractivity contribution in [1.29, 1.82) is 0 Å². The van der Waals surface area contributed by atoms with Crippen molar-refractivity contribution < 1.29 is 22.7 Å². The van der Waals surface area contributed by atoms with Crippen molar-refractivity contribution in [3.8, 4) is 17.4 Å². The van der Waals surface area contributed by atoms with E-state index in [0.717, 1.165) is 24.3 Å². The molecule has 0 saturated heterocycles. The lowest BCUT2D eigenvalue weighted by atomic mass is 10.1. The van der Waals surface area contributed by atoms with Crippen molar-refractivity contribution in [2.45, 2.75) is 6.18 Å². The minimum Gasteiger partial charge on any atom is -0.439 e. The summed E-state index contributed by atoms with van der Waals surface area (Å²) in [6.07, 6.45) is 0.263. The van der Waals surface area contributed by atoms with Gasteiger partial charge < -0.3 is 10.1 Å². The number of rotatable bonds is 5. The molecule has 0 atom stereocenters. The van der Waals surface area contributed by atoms with Crippen LogP contribution in [0.4, 0.5) is 18.9 Å². The minimum atomic E-state index is -4.45. The first kappa shape index (κ1) is 20.1. The zero-order valence-corrected chi connectivity index (χ0v) is 15.7. The first-order chi connectivity index (χ1) is 14.9. The molecule has 0 aliphatic heterocycles. The number of anilines is 1. The third kappa shape index (κ3) is 4.86. The van der Waals surface area contributed by atoms with E-state index in [1.54, 1.807) is 53.5 Å².